The predicted molar refractivity (Wildman–Crippen MR) is 56.7 cm³/mol. The van der Waals surface area contributed by atoms with Gasteiger partial charge in [0.1, 0.15) is 5.82 Å². The molecule has 4 heteroatoms. The van der Waals surface area contributed by atoms with Crippen LogP contribution in [-0.2, 0) is 11.3 Å². The average molecular weight is 204 g/mol. The van der Waals surface area contributed by atoms with Gasteiger partial charge in [0.15, 0.2) is 0 Å². The lowest BCUT2D eigenvalue weighted by Crippen LogP contribution is -2.05. The Hall–Kier alpha value is -1.84. The van der Waals surface area contributed by atoms with Crippen molar-refractivity contribution in [2.45, 2.75) is 19.9 Å². The molecule has 0 aliphatic rings. The van der Waals surface area contributed by atoms with Crippen LogP contribution >= 0.6 is 0 Å². The third-order valence-corrected chi connectivity index (χ3v) is 2.39. The number of rotatable bonds is 3. The topological polar surface area (TPSA) is 55.1 Å². The van der Waals surface area contributed by atoms with Gasteiger partial charge in [-0.1, -0.05) is 12.1 Å². The molecule has 0 aliphatic heterocycles. The Bertz CT molecular complexity index is 502. The fraction of sp³-hybridized carbons (Fsp3) is 0.273. The van der Waals surface area contributed by atoms with E-state index in [1.54, 1.807) is 0 Å². The van der Waals surface area contributed by atoms with Gasteiger partial charge in [-0.05, 0) is 19.1 Å². The molecule has 2 aromatic rings. The van der Waals surface area contributed by atoms with Crippen LogP contribution in [-0.4, -0.2) is 20.6 Å². The minimum absolute atomic E-state index is 0.126. The van der Waals surface area contributed by atoms with Gasteiger partial charge in [0, 0.05) is 6.54 Å². The molecule has 0 aliphatic carbocycles. The Morgan fingerprint density at radius 3 is 2.93 bits per heavy atom. The number of aliphatic carboxylic acids is 1. The Morgan fingerprint density at radius 1 is 1.47 bits per heavy atom. The number of aryl methyl sites for hydroxylation is 2. The summed E-state index contributed by atoms with van der Waals surface area (Å²) in [5, 5.41) is 8.64. The molecular weight excluding hydrogens is 192 g/mol. The highest BCUT2D eigenvalue weighted by atomic mass is 16.4. The minimum Gasteiger partial charge on any atom is -0.481 e. The molecule has 1 aromatic carbocycles. The first-order chi connectivity index (χ1) is 7.18. The van der Waals surface area contributed by atoms with Gasteiger partial charge in [0.2, 0.25) is 0 Å². The number of aromatic nitrogens is 2. The molecule has 0 saturated carbocycles. The van der Waals surface area contributed by atoms with Gasteiger partial charge >= 0.3 is 5.97 Å². The zero-order valence-electron chi connectivity index (χ0n) is 8.47. The third-order valence-electron chi connectivity index (χ3n) is 2.39. The van der Waals surface area contributed by atoms with Crippen LogP contribution in [0.2, 0.25) is 0 Å². The fourth-order valence-corrected chi connectivity index (χ4v) is 1.69. The maximum atomic E-state index is 10.5. The van der Waals surface area contributed by atoms with Gasteiger partial charge in [0.05, 0.1) is 17.5 Å². The summed E-state index contributed by atoms with van der Waals surface area (Å²) in [4.78, 5) is 14.9. The largest absolute Gasteiger partial charge is 0.481 e. The highest BCUT2D eigenvalue weighted by molar-refractivity contribution is 5.76. The van der Waals surface area contributed by atoms with Gasteiger partial charge < -0.3 is 9.67 Å². The number of hydrogen-bond donors (Lipinski definition) is 1. The molecule has 1 heterocycles. The van der Waals surface area contributed by atoms with E-state index in [9.17, 15) is 4.79 Å². The quantitative estimate of drug-likeness (QED) is 0.829. The summed E-state index contributed by atoms with van der Waals surface area (Å²) in [6.07, 6.45) is 0.126. The Balaban J connectivity index is 2.40. The molecule has 0 fully saturated rings. The van der Waals surface area contributed by atoms with Crippen LogP contribution in [0.4, 0.5) is 0 Å². The van der Waals surface area contributed by atoms with E-state index in [1.807, 2.05) is 35.8 Å². The second-order valence-electron chi connectivity index (χ2n) is 3.44. The first-order valence-electron chi connectivity index (χ1n) is 4.82. The predicted octanol–water partition coefficient (Wildman–Crippen LogP) is 1.82. The third kappa shape index (κ3) is 1.83. The van der Waals surface area contributed by atoms with Crippen molar-refractivity contribution in [1.82, 2.24) is 9.55 Å². The molecule has 0 spiro atoms. The van der Waals surface area contributed by atoms with Crippen molar-refractivity contribution in [3.63, 3.8) is 0 Å². The zero-order chi connectivity index (χ0) is 10.8. The molecule has 0 atom stereocenters. The molecule has 2 rings (SSSR count). The Morgan fingerprint density at radius 2 is 2.20 bits per heavy atom. The summed E-state index contributed by atoms with van der Waals surface area (Å²) < 4.78 is 1.93. The van der Waals surface area contributed by atoms with E-state index >= 15 is 0 Å². The molecular formula is C11H12N2O2. The van der Waals surface area contributed by atoms with Crippen molar-refractivity contribution in [1.29, 1.82) is 0 Å². The van der Waals surface area contributed by atoms with Gasteiger partial charge in [0.25, 0.3) is 0 Å². The van der Waals surface area contributed by atoms with Crippen molar-refractivity contribution in [2.24, 2.45) is 0 Å². The van der Waals surface area contributed by atoms with E-state index in [1.165, 1.54) is 0 Å². The fourth-order valence-electron chi connectivity index (χ4n) is 1.69. The molecule has 78 valence electrons. The standard InChI is InChI=1S/C11H12N2O2/c1-8-12-9-4-2-3-5-10(9)13(8)7-6-11(14)15/h2-5H,6-7H2,1H3,(H,14,15). The SMILES string of the molecule is Cc1nc2ccccc2n1CCC(=O)O. The molecule has 0 unspecified atom stereocenters. The van der Waals surface area contributed by atoms with E-state index < -0.39 is 5.97 Å². The molecule has 4 nitrogen and oxygen atoms in total. The molecule has 0 saturated heterocycles. The number of nitrogens with zero attached hydrogens (tertiary/aromatic N) is 2. The van der Waals surface area contributed by atoms with Gasteiger partial charge in [-0.3, -0.25) is 4.79 Å². The zero-order valence-corrected chi connectivity index (χ0v) is 8.47. The first kappa shape index (κ1) is 9.71. The lowest BCUT2D eigenvalue weighted by molar-refractivity contribution is -0.137. The number of benzene rings is 1. The van der Waals surface area contributed by atoms with Crippen molar-refractivity contribution in [3.8, 4) is 0 Å². The van der Waals surface area contributed by atoms with Gasteiger partial charge in [-0.25, -0.2) is 4.98 Å². The summed E-state index contributed by atoms with van der Waals surface area (Å²) in [6, 6.07) is 7.74. The van der Waals surface area contributed by atoms with Crippen LogP contribution in [0.1, 0.15) is 12.2 Å². The van der Waals surface area contributed by atoms with Crippen LogP contribution in [0.25, 0.3) is 11.0 Å². The molecule has 15 heavy (non-hydrogen) atoms. The van der Waals surface area contributed by atoms with E-state index in [0.29, 0.717) is 6.54 Å². The smallest absolute Gasteiger partial charge is 0.305 e. The van der Waals surface area contributed by atoms with Crippen LogP contribution in [0, 0.1) is 6.92 Å². The van der Waals surface area contributed by atoms with Crippen LogP contribution in [0.15, 0.2) is 24.3 Å². The van der Waals surface area contributed by atoms with E-state index in [0.717, 1.165) is 16.9 Å². The number of para-hydroxylation sites is 2. The first-order valence-corrected chi connectivity index (χ1v) is 4.82. The molecule has 0 radical (unpaired) electrons. The molecule has 1 aromatic heterocycles. The average Bonchev–Trinajstić information content (AvgIpc) is 2.50. The maximum absolute atomic E-state index is 10.5. The van der Waals surface area contributed by atoms with Gasteiger partial charge in [-0.15, -0.1) is 0 Å². The summed E-state index contributed by atoms with van der Waals surface area (Å²) in [7, 11) is 0. The molecule has 0 amide bonds. The van der Waals surface area contributed by atoms with E-state index in [-0.39, 0.29) is 6.42 Å². The second-order valence-corrected chi connectivity index (χ2v) is 3.44. The van der Waals surface area contributed by atoms with Crippen molar-refractivity contribution in [2.75, 3.05) is 0 Å². The van der Waals surface area contributed by atoms with Crippen molar-refractivity contribution >= 4 is 17.0 Å². The second kappa shape index (κ2) is 3.73. The number of carboxylic acids is 1. The Labute approximate surface area is 87.2 Å². The summed E-state index contributed by atoms with van der Waals surface area (Å²) >= 11 is 0. The van der Waals surface area contributed by atoms with Gasteiger partial charge in [-0.2, -0.15) is 0 Å². The number of carboxylic acid groups (broad SMARTS) is 1. The van der Waals surface area contributed by atoms with Crippen LogP contribution in [0.3, 0.4) is 0 Å². The lowest BCUT2D eigenvalue weighted by Gasteiger charge is -2.03. The number of imidazole rings is 1. The Kier molecular flexibility index (Phi) is 2.41. The number of fused-ring (bicyclic) bond motifs is 1. The molecule has 1 N–H and O–H groups in total. The number of hydrogen-bond acceptors (Lipinski definition) is 2. The van der Waals surface area contributed by atoms with E-state index in [4.69, 9.17) is 5.11 Å². The number of carbonyl (C=O) groups is 1. The highest BCUT2D eigenvalue weighted by Crippen LogP contribution is 2.15. The lowest BCUT2D eigenvalue weighted by atomic mass is 10.3. The molecule has 0 bridgehead atoms. The van der Waals surface area contributed by atoms with E-state index in [2.05, 4.69) is 4.98 Å². The van der Waals surface area contributed by atoms with Crippen LogP contribution in [0.5, 0.6) is 0 Å². The monoisotopic (exact) mass is 204 g/mol. The summed E-state index contributed by atoms with van der Waals surface area (Å²) in [6.45, 7) is 2.36. The minimum atomic E-state index is -0.785. The van der Waals surface area contributed by atoms with Crippen LogP contribution < -0.4 is 0 Å². The van der Waals surface area contributed by atoms with Crippen molar-refractivity contribution in [3.05, 3.63) is 30.1 Å². The summed E-state index contributed by atoms with van der Waals surface area (Å²) in [5.74, 6) is 0.0737. The summed E-state index contributed by atoms with van der Waals surface area (Å²) in [5.41, 5.74) is 1.91. The normalized spacial score (nSPS) is 10.7. The van der Waals surface area contributed by atoms with Crippen molar-refractivity contribution < 1.29 is 9.90 Å². The highest BCUT2D eigenvalue weighted by Gasteiger charge is 2.07. The maximum Gasteiger partial charge on any atom is 0.305 e.